The molecule has 1 saturated carbocycles. The van der Waals surface area contributed by atoms with E-state index in [0.717, 1.165) is 17.0 Å². The Bertz CT molecular complexity index is 648. The molecule has 24 heavy (non-hydrogen) atoms. The van der Waals surface area contributed by atoms with E-state index in [1.54, 1.807) is 13.0 Å². The number of aryl methyl sites for hydroxylation is 1. The van der Waals surface area contributed by atoms with Crippen LogP contribution < -0.4 is 0 Å². The molecule has 1 heteroatoms. The summed E-state index contributed by atoms with van der Waals surface area (Å²) in [6.07, 6.45) is 9.55. The summed E-state index contributed by atoms with van der Waals surface area (Å²) in [7, 11) is 0. The molecule has 0 saturated heterocycles. The number of hydrogen-bond acceptors (Lipinski definition) is 0. The maximum Gasteiger partial charge on any atom is 0.126 e. The highest BCUT2D eigenvalue weighted by molar-refractivity contribution is 5.64. The van der Waals surface area contributed by atoms with E-state index < -0.39 is 0 Å². The third-order valence-electron chi connectivity index (χ3n) is 5.70. The second-order valence-corrected chi connectivity index (χ2v) is 7.45. The minimum atomic E-state index is -0.123. The summed E-state index contributed by atoms with van der Waals surface area (Å²) >= 11 is 0. The van der Waals surface area contributed by atoms with E-state index in [1.807, 2.05) is 12.1 Å². The molecule has 0 heterocycles. The van der Waals surface area contributed by atoms with Crippen LogP contribution in [0.4, 0.5) is 4.39 Å². The van der Waals surface area contributed by atoms with Crippen molar-refractivity contribution in [3.63, 3.8) is 0 Å². The minimum Gasteiger partial charge on any atom is -0.207 e. The zero-order valence-electron chi connectivity index (χ0n) is 15.0. The smallest absolute Gasteiger partial charge is 0.126 e. The Morgan fingerprint density at radius 2 is 1.58 bits per heavy atom. The van der Waals surface area contributed by atoms with Gasteiger partial charge < -0.3 is 0 Å². The van der Waals surface area contributed by atoms with E-state index in [-0.39, 0.29) is 5.82 Å². The molecule has 0 unspecified atom stereocenters. The fourth-order valence-electron chi connectivity index (χ4n) is 4.00. The molecule has 0 aromatic heterocycles. The standard InChI is InChI=1S/C23H29F/c1-3-4-5-18-7-10-19(11-8-18)20-12-14-21(15-13-20)22-9-6-17(2)23(24)16-22/h6,9,12-16,18-19H,3-5,7-8,10-11H2,1-2H3. The van der Waals surface area contributed by atoms with E-state index in [2.05, 4.69) is 31.2 Å². The van der Waals surface area contributed by atoms with Crippen molar-refractivity contribution >= 4 is 0 Å². The molecule has 0 atom stereocenters. The lowest BCUT2D eigenvalue weighted by Crippen LogP contribution is -2.13. The van der Waals surface area contributed by atoms with Gasteiger partial charge in [-0.05, 0) is 72.8 Å². The Morgan fingerprint density at radius 3 is 2.21 bits per heavy atom. The van der Waals surface area contributed by atoms with E-state index in [0.29, 0.717) is 11.5 Å². The first-order chi connectivity index (χ1) is 11.7. The van der Waals surface area contributed by atoms with Gasteiger partial charge in [0.15, 0.2) is 0 Å². The molecule has 2 aromatic carbocycles. The van der Waals surface area contributed by atoms with Gasteiger partial charge in [0, 0.05) is 0 Å². The molecule has 0 bridgehead atoms. The highest BCUT2D eigenvalue weighted by atomic mass is 19.1. The molecule has 1 aliphatic rings. The Morgan fingerprint density at radius 1 is 0.917 bits per heavy atom. The van der Waals surface area contributed by atoms with E-state index in [1.165, 1.54) is 50.5 Å². The first-order valence-electron chi connectivity index (χ1n) is 9.54. The molecule has 1 aliphatic carbocycles. The van der Waals surface area contributed by atoms with Crippen LogP contribution in [0.2, 0.25) is 0 Å². The predicted molar refractivity (Wildman–Crippen MR) is 101 cm³/mol. The molecule has 128 valence electrons. The molecule has 0 radical (unpaired) electrons. The molecular weight excluding hydrogens is 295 g/mol. The number of hydrogen-bond donors (Lipinski definition) is 0. The van der Waals surface area contributed by atoms with Gasteiger partial charge >= 0.3 is 0 Å². The van der Waals surface area contributed by atoms with Gasteiger partial charge in [0.2, 0.25) is 0 Å². The number of unbranched alkanes of at least 4 members (excludes halogenated alkanes) is 1. The van der Waals surface area contributed by atoms with Crippen LogP contribution in [0.1, 0.15) is 68.9 Å². The molecule has 0 aliphatic heterocycles. The average Bonchev–Trinajstić information content (AvgIpc) is 2.63. The van der Waals surface area contributed by atoms with Crippen molar-refractivity contribution in [1.82, 2.24) is 0 Å². The van der Waals surface area contributed by atoms with Gasteiger partial charge in [0.1, 0.15) is 5.82 Å². The van der Waals surface area contributed by atoms with Crippen LogP contribution in [-0.2, 0) is 0 Å². The van der Waals surface area contributed by atoms with Crippen molar-refractivity contribution in [3.8, 4) is 11.1 Å². The summed E-state index contributed by atoms with van der Waals surface area (Å²) in [5, 5.41) is 0. The maximum atomic E-state index is 13.8. The number of benzene rings is 2. The average molecular weight is 324 g/mol. The maximum absolute atomic E-state index is 13.8. The lowest BCUT2D eigenvalue weighted by molar-refractivity contribution is 0.304. The van der Waals surface area contributed by atoms with Gasteiger partial charge in [-0.2, -0.15) is 0 Å². The first kappa shape index (κ1) is 17.2. The third-order valence-corrected chi connectivity index (χ3v) is 5.70. The van der Waals surface area contributed by atoms with Gasteiger partial charge in [-0.3, -0.25) is 0 Å². The van der Waals surface area contributed by atoms with Crippen molar-refractivity contribution in [2.75, 3.05) is 0 Å². The van der Waals surface area contributed by atoms with Gasteiger partial charge in [-0.15, -0.1) is 0 Å². The molecule has 0 nitrogen and oxygen atoms in total. The Labute approximate surface area is 146 Å². The van der Waals surface area contributed by atoms with E-state index >= 15 is 0 Å². The summed E-state index contributed by atoms with van der Waals surface area (Å²) in [6, 6.07) is 14.3. The van der Waals surface area contributed by atoms with Gasteiger partial charge in [-0.1, -0.05) is 62.6 Å². The van der Waals surface area contributed by atoms with Crippen LogP contribution in [0.5, 0.6) is 0 Å². The molecule has 0 N–H and O–H groups in total. The van der Waals surface area contributed by atoms with Crippen molar-refractivity contribution in [1.29, 1.82) is 0 Å². The molecule has 0 spiro atoms. The van der Waals surface area contributed by atoms with Gasteiger partial charge in [-0.25, -0.2) is 4.39 Å². The van der Waals surface area contributed by atoms with Crippen LogP contribution in [0.15, 0.2) is 42.5 Å². The summed E-state index contributed by atoms with van der Waals surface area (Å²) in [4.78, 5) is 0. The Balaban J connectivity index is 1.64. The van der Waals surface area contributed by atoms with Crippen molar-refractivity contribution in [2.45, 2.75) is 64.7 Å². The van der Waals surface area contributed by atoms with Crippen LogP contribution in [0, 0.1) is 18.7 Å². The lowest BCUT2D eigenvalue weighted by Gasteiger charge is -2.29. The van der Waals surface area contributed by atoms with Crippen LogP contribution >= 0.6 is 0 Å². The fraction of sp³-hybridized carbons (Fsp3) is 0.478. The first-order valence-corrected chi connectivity index (χ1v) is 9.54. The molecule has 2 aromatic rings. The second-order valence-electron chi connectivity index (χ2n) is 7.45. The summed E-state index contributed by atoms with van der Waals surface area (Å²) in [5.74, 6) is 1.55. The summed E-state index contributed by atoms with van der Waals surface area (Å²) < 4.78 is 13.8. The minimum absolute atomic E-state index is 0.123. The molecule has 3 rings (SSSR count). The van der Waals surface area contributed by atoms with Crippen LogP contribution in [-0.4, -0.2) is 0 Å². The topological polar surface area (TPSA) is 0 Å². The predicted octanol–water partition coefficient (Wildman–Crippen LogP) is 7.27. The van der Waals surface area contributed by atoms with Crippen molar-refractivity contribution in [3.05, 3.63) is 59.4 Å². The zero-order chi connectivity index (χ0) is 16.9. The second kappa shape index (κ2) is 7.96. The summed E-state index contributed by atoms with van der Waals surface area (Å²) in [5.41, 5.74) is 4.23. The van der Waals surface area contributed by atoms with E-state index in [9.17, 15) is 4.39 Å². The number of halogens is 1. The highest BCUT2D eigenvalue weighted by Crippen LogP contribution is 2.38. The monoisotopic (exact) mass is 324 g/mol. The lowest BCUT2D eigenvalue weighted by atomic mass is 9.77. The normalized spacial score (nSPS) is 21.0. The number of rotatable bonds is 5. The Kier molecular flexibility index (Phi) is 5.71. The largest absolute Gasteiger partial charge is 0.207 e. The fourth-order valence-corrected chi connectivity index (χ4v) is 4.00. The van der Waals surface area contributed by atoms with Crippen molar-refractivity contribution in [2.24, 2.45) is 5.92 Å². The quantitative estimate of drug-likeness (QED) is 0.542. The highest BCUT2D eigenvalue weighted by Gasteiger charge is 2.21. The zero-order valence-corrected chi connectivity index (χ0v) is 15.0. The molecular formula is C23H29F. The van der Waals surface area contributed by atoms with Crippen LogP contribution in [0.3, 0.4) is 0 Å². The molecule has 0 amide bonds. The Hall–Kier alpha value is -1.63. The van der Waals surface area contributed by atoms with Crippen molar-refractivity contribution < 1.29 is 4.39 Å². The van der Waals surface area contributed by atoms with E-state index in [4.69, 9.17) is 0 Å². The van der Waals surface area contributed by atoms with Gasteiger partial charge in [0.25, 0.3) is 0 Å². The molecule has 1 fully saturated rings. The SMILES string of the molecule is CCCCC1CCC(c2ccc(-c3ccc(C)c(F)c3)cc2)CC1. The van der Waals surface area contributed by atoms with Crippen LogP contribution in [0.25, 0.3) is 11.1 Å². The van der Waals surface area contributed by atoms with Gasteiger partial charge in [0.05, 0.1) is 0 Å². The third kappa shape index (κ3) is 4.06. The summed E-state index contributed by atoms with van der Waals surface area (Å²) in [6.45, 7) is 4.09.